The number of ether oxygens (including phenoxy) is 2. The molecule has 0 aromatic carbocycles. The first-order valence-electron chi connectivity index (χ1n) is 10.6. The van der Waals surface area contributed by atoms with Crippen molar-refractivity contribution in [2.24, 2.45) is 17.8 Å². The van der Waals surface area contributed by atoms with E-state index in [4.69, 9.17) is 19.4 Å². The number of hydrogen-bond acceptors (Lipinski definition) is 6. The Labute approximate surface area is 184 Å². The zero-order chi connectivity index (χ0) is 23.1. The number of carbonyl (C=O) groups excluding carboxylic acids is 1. The van der Waals surface area contributed by atoms with Gasteiger partial charge in [-0.1, -0.05) is 6.07 Å². The molecule has 0 radical (unpaired) electrons. The van der Waals surface area contributed by atoms with Crippen LogP contribution in [0.3, 0.4) is 0 Å². The molecule has 1 aromatic rings. The van der Waals surface area contributed by atoms with Crippen molar-refractivity contribution in [3.05, 3.63) is 30.1 Å². The topological polar surface area (TPSA) is 92.2 Å². The Morgan fingerprint density at radius 1 is 1.16 bits per heavy atom. The first-order chi connectivity index (χ1) is 15.2. The highest BCUT2D eigenvalue weighted by molar-refractivity contribution is 5.76. The largest absolute Gasteiger partial charge is 0.490 e. The lowest BCUT2D eigenvalue weighted by atomic mass is 9.81. The van der Waals surface area contributed by atoms with Gasteiger partial charge in [0.1, 0.15) is 0 Å². The Bertz CT molecular complexity index is 759. The maximum atomic E-state index is 12.6. The number of amides is 1. The van der Waals surface area contributed by atoms with Gasteiger partial charge in [-0.05, 0) is 29.4 Å². The molecule has 0 unspecified atom stereocenters. The minimum absolute atomic E-state index is 0.267. The number of hydrogen-bond donors (Lipinski definition) is 1. The van der Waals surface area contributed by atoms with Gasteiger partial charge in [0.25, 0.3) is 0 Å². The average molecular weight is 459 g/mol. The zero-order valence-corrected chi connectivity index (χ0v) is 17.7. The molecule has 3 saturated heterocycles. The van der Waals surface area contributed by atoms with E-state index in [1.54, 1.807) is 0 Å². The number of nitrogens with zero attached hydrogens (tertiary/aromatic N) is 3. The van der Waals surface area contributed by atoms with Gasteiger partial charge in [-0.2, -0.15) is 13.2 Å². The number of morpholine rings is 1. The van der Waals surface area contributed by atoms with Gasteiger partial charge >= 0.3 is 12.1 Å². The van der Waals surface area contributed by atoms with E-state index in [2.05, 4.69) is 16.0 Å². The van der Waals surface area contributed by atoms with E-state index in [9.17, 15) is 18.0 Å². The molecule has 0 saturated carbocycles. The quantitative estimate of drug-likeness (QED) is 0.732. The summed E-state index contributed by atoms with van der Waals surface area (Å²) in [5.41, 5.74) is 1.25. The summed E-state index contributed by atoms with van der Waals surface area (Å²) in [6.45, 7) is 7.39. The monoisotopic (exact) mass is 459 g/mol. The molecule has 1 N–H and O–H groups in total. The molecule has 3 aliphatic rings. The smallest absolute Gasteiger partial charge is 0.475 e. The van der Waals surface area contributed by atoms with E-state index >= 15 is 0 Å². The average Bonchev–Trinajstić information content (AvgIpc) is 3.18. The van der Waals surface area contributed by atoms with Crippen molar-refractivity contribution < 1.29 is 37.3 Å². The Hall–Kier alpha value is -2.24. The predicted molar refractivity (Wildman–Crippen MR) is 107 cm³/mol. The number of aromatic nitrogens is 1. The molecule has 3 fully saturated rings. The molecule has 8 nitrogen and oxygen atoms in total. The number of likely N-dealkylation sites (tertiary alicyclic amines) is 1. The molecule has 4 heterocycles. The number of aliphatic carboxylic acids is 1. The SMILES string of the molecule is O=C(C[C@@H]1COC[C@H]2CN(Cc3cccnc3)C[C@@H]12)N1CCOCC1.O=C(O)C(F)(F)F. The van der Waals surface area contributed by atoms with Crippen molar-refractivity contribution in [1.82, 2.24) is 14.8 Å². The van der Waals surface area contributed by atoms with Crippen LogP contribution >= 0.6 is 0 Å². The van der Waals surface area contributed by atoms with Crippen LogP contribution in [0, 0.1) is 17.8 Å². The van der Waals surface area contributed by atoms with Crippen LogP contribution in [-0.2, 0) is 25.6 Å². The van der Waals surface area contributed by atoms with E-state index < -0.39 is 12.1 Å². The molecule has 3 aliphatic heterocycles. The number of carbonyl (C=O) groups is 2. The maximum absolute atomic E-state index is 12.6. The van der Waals surface area contributed by atoms with Gasteiger partial charge < -0.3 is 19.5 Å². The van der Waals surface area contributed by atoms with Crippen LogP contribution in [0.25, 0.3) is 0 Å². The molecule has 178 valence electrons. The Balaban J connectivity index is 0.000000360. The van der Waals surface area contributed by atoms with Crippen LogP contribution in [0.2, 0.25) is 0 Å². The molecule has 0 aliphatic carbocycles. The second kappa shape index (κ2) is 11.1. The molecule has 1 amide bonds. The van der Waals surface area contributed by atoms with Crippen LogP contribution in [0.4, 0.5) is 13.2 Å². The molecule has 1 aromatic heterocycles. The first kappa shape index (κ1) is 24.4. The van der Waals surface area contributed by atoms with E-state index in [0.717, 1.165) is 45.9 Å². The summed E-state index contributed by atoms with van der Waals surface area (Å²) in [5.74, 6) is -1.04. The van der Waals surface area contributed by atoms with Crippen molar-refractivity contribution in [3.8, 4) is 0 Å². The van der Waals surface area contributed by atoms with Gasteiger partial charge in [-0.25, -0.2) is 4.79 Å². The molecule has 32 heavy (non-hydrogen) atoms. The fourth-order valence-electron chi connectivity index (χ4n) is 4.45. The molecular formula is C21H28F3N3O5. The Morgan fingerprint density at radius 2 is 1.88 bits per heavy atom. The highest BCUT2D eigenvalue weighted by Gasteiger charge is 2.42. The van der Waals surface area contributed by atoms with Crippen molar-refractivity contribution in [3.63, 3.8) is 0 Å². The lowest BCUT2D eigenvalue weighted by molar-refractivity contribution is -0.192. The minimum atomic E-state index is -5.08. The molecule has 0 bridgehead atoms. The number of rotatable bonds is 4. The summed E-state index contributed by atoms with van der Waals surface area (Å²) >= 11 is 0. The number of fused-ring (bicyclic) bond motifs is 1. The van der Waals surface area contributed by atoms with Crippen molar-refractivity contribution in [1.29, 1.82) is 0 Å². The highest BCUT2D eigenvalue weighted by Crippen LogP contribution is 2.36. The highest BCUT2D eigenvalue weighted by atomic mass is 19.4. The molecule has 11 heteroatoms. The lowest BCUT2D eigenvalue weighted by Crippen LogP contribution is -2.44. The summed E-state index contributed by atoms with van der Waals surface area (Å²) in [4.78, 5) is 30.2. The third-order valence-electron chi connectivity index (χ3n) is 6.01. The van der Waals surface area contributed by atoms with Crippen LogP contribution in [0.5, 0.6) is 0 Å². The Kier molecular flexibility index (Phi) is 8.44. The van der Waals surface area contributed by atoms with Crippen molar-refractivity contribution >= 4 is 11.9 Å². The lowest BCUT2D eigenvalue weighted by Gasteiger charge is -2.35. The zero-order valence-electron chi connectivity index (χ0n) is 17.7. The number of pyridine rings is 1. The van der Waals surface area contributed by atoms with Crippen LogP contribution in [0.15, 0.2) is 24.5 Å². The van der Waals surface area contributed by atoms with E-state index in [1.165, 1.54) is 5.56 Å². The summed E-state index contributed by atoms with van der Waals surface area (Å²) < 4.78 is 42.9. The fourth-order valence-corrected chi connectivity index (χ4v) is 4.45. The second-order valence-electron chi connectivity index (χ2n) is 8.28. The molecule has 3 atom stereocenters. The molecule has 4 rings (SSSR count). The normalized spacial score (nSPS) is 26.1. The summed E-state index contributed by atoms with van der Waals surface area (Å²) in [6, 6.07) is 4.12. The van der Waals surface area contributed by atoms with Gasteiger partial charge in [0.05, 0.1) is 26.4 Å². The number of carboxylic acid groups (broad SMARTS) is 1. The number of halogens is 3. The first-order valence-corrected chi connectivity index (χ1v) is 10.6. The van der Waals surface area contributed by atoms with Crippen molar-refractivity contribution in [2.45, 2.75) is 19.1 Å². The molecular weight excluding hydrogens is 431 g/mol. The van der Waals surface area contributed by atoms with Gasteiger partial charge in [-0.15, -0.1) is 0 Å². The van der Waals surface area contributed by atoms with Crippen LogP contribution in [-0.4, -0.2) is 90.5 Å². The van der Waals surface area contributed by atoms with E-state index in [0.29, 0.717) is 37.4 Å². The summed E-state index contributed by atoms with van der Waals surface area (Å²) in [6.07, 6.45) is -0.714. The van der Waals surface area contributed by atoms with Gasteiger partial charge in [0, 0.05) is 51.5 Å². The third kappa shape index (κ3) is 6.88. The molecule has 0 spiro atoms. The van der Waals surface area contributed by atoms with Gasteiger partial charge in [0.15, 0.2) is 0 Å². The van der Waals surface area contributed by atoms with Gasteiger partial charge in [-0.3, -0.25) is 14.7 Å². The standard InChI is InChI=1S/C19H27N3O3.C2HF3O2/c23-19(22-4-6-24-7-5-22)8-16-13-25-14-17-11-21(12-18(16)17)10-15-2-1-3-20-9-15;3-2(4,5)1(6)7/h1-3,9,16-18H,4-8,10-14H2;(H,6,7)/t16-,17-,18+;/m1./s1. The van der Waals surface area contributed by atoms with Crippen molar-refractivity contribution in [2.75, 3.05) is 52.6 Å². The second-order valence-corrected chi connectivity index (χ2v) is 8.28. The predicted octanol–water partition coefficient (Wildman–Crippen LogP) is 1.66. The summed E-state index contributed by atoms with van der Waals surface area (Å²) in [5, 5.41) is 7.12. The van der Waals surface area contributed by atoms with Crippen LogP contribution in [0.1, 0.15) is 12.0 Å². The summed E-state index contributed by atoms with van der Waals surface area (Å²) in [7, 11) is 0. The van der Waals surface area contributed by atoms with Gasteiger partial charge in [0.2, 0.25) is 5.91 Å². The Morgan fingerprint density at radius 3 is 2.50 bits per heavy atom. The maximum Gasteiger partial charge on any atom is 0.490 e. The van der Waals surface area contributed by atoms with E-state index in [-0.39, 0.29) is 5.91 Å². The fraction of sp³-hybridized carbons (Fsp3) is 0.667. The van der Waals surface area contributed by atoms with Crippen LogP contribution < -0.4 is 0 Å². The third-order valence-corrected chi connectivity index (χ3v) is 6.01. The number of alkyl halides is 3. The van der Waals surface area contributed by atoms with E-state index in [1.807, 2.05) is 23.4 Å². The minimum Gasteiger partial charge on any atom is -0.475 e. The number of carboxylic acids is 1.